The molecule has 21 heteroatoms. The summed E-state index contributed by atoms with van der Waals surface area (Å²) in [6.07, 6.45) is 55.0. The molecule has 6 saturated carbocycles. The van der Waals surface area contributed by atoms with E-state index in [-0.39, 0.29) is 84.5 Å². The van der Waals surface area contributed by atoms with E-state index in [0.29, 0.717) is 68.4 Å². The molecule has 1 saturated heterocycles. The number of ether oxygens (including phenoxy) is 4. The van der Waals surface area contributed by atoms with E-state index in [1.54, 1.807) is 30.3 Å². The maximum absolute atomic E-state index is 12.0. The number of rotatable bonds is 16. The Bertz CT molecular complexity index is 2290. The normalized spacial score (nSPS) is 24.9. The van der Waals surface area contributed by atoms with Crippen molar-refractivity contribution in [3.05, 3.63) is 48.9 Å². The van der Waals surface area contributed by atoms with Crippen LogP contribution in [0.3, 0.4) is 0 Å². The minimum atomic E-state index is -3.64. The maximum Gasteiger partial charge on any atom is 1.00 e. The van der Waals surface area contributed by atoms with Gasteiger partial charge in [0.25, 0.3) is 10.1 Å². The summed E-state index contributed by atoms with van der Waals surface area (Å²) in [5.74, 6) is 11.1. The van der Waals surface area contributed by atoms with Gasteiger partial charge in [0.1, 0.15) is 0 Å². The van der Waals surface area contributed by atoms with E-state index >= 15 is 0 Å². The molecule has 0 atom stereocenters. The Labute approximate surface area is 598 Å². The van der Waals surface area contributed by atoms with Crippen molar-refractivity contribution >= 4 is 34.0 Å². The van der Waals surface area contributed by atoms with E-state index in [1.165, 1.54) is 59.9 Å². The quantitative estimate of drug-likeness (QED) is 0.0149. The molecule has 0 bridgehead atoms. The van der Waals surface area contributed by atoms with E-state index in [9.17, 15) is 27.6 Å². The molecule has 1 aliphatic heterocycles. The second kappa shape index (κ2) is 65.9. The third-order valence-electron chi connectivity index (χ3n) is 18.3. The van der Waals surface area contributed by atoms with Gasteiger partial charge in [-0.15, -0.1) is 43.6 Å². The van der Waals surface area contributed by atoms with Gasteiger partial charge in [0.05, 0.1) is 56.5 Å². The molecule has 19 nitrogen and oxygen atoms in total. The number of aliphatic hydroxyl groups excluding tert-OH is 5. The fourth-order valence-electron chi connectivity index (χ4n) is 12.0. The number of benzene rings is 1. The van der Waals surface area contributed by atoms with Crippen LogP contribution in [0.4, 0.5) is 0 Å². The van der Waals surface area contributed by atoms with Gasteiger partial charge >= 0.3 is 42.7 Å². The summed E-state index contributed by atoms with van der Waals surface area (Å²) in [6.45, 7) is 11.9. The van der Waals surface area contributed by atoms with Crippen LogP contribution in [0.1, 0.15) is 199 Å². The second-order valence-electron chi connectivity index (χ2n) is 25.4. The van der Waals surface area contributed by atoms with Crippen LogP contribution in [0, 0.1) is 128 Å². The van der Waals surface area contributed by atoms with Crippen LogP contribution in [-0.2, 0) is 52.4 Å². The van der Waals surface area contributed by atoms with Crippen LogP contribution in [0.25, 0.3) is 0 Å². The minimum absolute atomic E-state index is 0. The molecule has 0 spiro atoms. The number of carboxylic acid groups (broad SMARTS) is 1. The van der Waals surface area contributed by atoms with Gasteiger partial charge in [-0.05, 0) is 240 Å². The summed E-state index contributed by atoms with van der Waals surface area (Å²) < 4.78 is 48.2. The number of allylic oxidation sites excluding steroid dienone is 1. The molecular formula is C76H127LiN2O17S. The van der Waals surface area contributed by atoms with Gasteiger partial charge in [0, 0.05) is 79.1 Å². The van der Waals surface area contributed by atoms with Gasteiger partial charge in [0.15, 0.2) is 0 Å². The number of aliphatic hydroxyl groups is 5. The van der Waals surface area contributed by atoms with E-state index in [4.69, 9.17) is 81.5 Å². The van der Waals surface area contributed by atoms with Gasteiger partial charge in [0.2, 0.25) is 0 Å². The molecule has 1 heterocycles. The molecule has 10 N–H and O–H groups in total. The Morgan fingerprint density at radius 2 is 0.773 bits per heavy atom. The van der Waals surface area contributed by atoms with Crippen molar-refractivity contribution in [2.24, 2.45) is 82.5 Å². The number of carbonyl (C=O) groups is 4. The van der Waals surface area contributed by atoms with Crippen LogP contribution in [0.2, 0.25) is 0 Å². The van der Waals surface area contributed by atoms with Crippen LogP contribution in [-0.4, -0.2) is 151 Å². The summed E-state index contributed by atoms with van der Waals surface area (Å²) in [7, 11) is 1.60. The molecule has 97 heavy (non-hydrogen) atoms. The number of methoxy groups -OCH3 is 3. The Balaban J connectivity index is -0.000000516. The molecule has 6 aliphatic carbocycles. The van der Waals surface area contributed by atoms with Gasteiger partial charge < -0.3 is 73.9 Å². The average molecular weight is 1380 g/mol. The van der Waals surface area contributed by atoms with Gasteiger partial charge in [-0.2, -0.15) is 8.42 Å². The largest absolute Gasteiger partial charge is 1.00 e. The molecule has 0 amide bonds. The number of hydrogen-bond donors (Lipinski definition) is 8. The number of hydrogen-bond acceptors (Lipinski definition) is 18. The summed E-state index contributed by atoms with van der Waals surface area (Å²) in [4.78, 5) is 44.3. The topological polar surface area (TPSA) is 322 Å². The number of aryl methyl sites for hydroxylation is 1. The fraction of sp³-hybridized carbons (Fsp3) is 0.737. The zero-order valence-electron chi connectivity index (χ0n) is 60.4. The zero-order chi connectivity index (χ0) is 73.0. The first-order chi connectivity index (χ1) is 46.3. The zero-order valence-corrected chi connectivity index (χ0v) is 61.3. The number of carbonyl (C=O) groups excluding carboxylic acids is 3. The Morgan fingerprint density at radius 1 is 0.526 bits per heavy atom. The summed E-state index contributed by atoms with van der Waals surface area (Å²) in [6, 6.07) is 6.69. The van der Waals surface area contributed by atoms with Gasteiger partial charge in [-0.25, -0.2) is 0 Å². The molecule has 7 fully saturated rings. The van der Waals surface area contributed by atoms with Gasteiger partial charge in [-0.3, -0.25) is 23.4 Å². The molecular weight excluding hydrogens is 1250 g/mol. The first-order valence-corrected chi connectivity index (χ1v) is 36.1. The van der Waals surface area contributed by atoms with Crippen molar-refractivity contribution in [2.45, 2.75) is 205 Å². The monoisotopic (exact) mass is 1380 g/mol. The molecule has 0 radical (unpaired) electrons. The Hall–Kier alpha value is -4.73. The van der Waals surface area contributed by atoms with Crippen molar-refractivity contribution < 1.29 is 100 Å². The first kappa shape index (κ1) is 98.6. The number of aliphatic carboxylic acids is 1. The second-order valence-corrected chi connectivity index (χ2v) is 27.0. The van der Waals surface area contributed by atoms with Crippen LogP contribution >= 0.6 is 0 Å². The number of carboxylic acids is 1. The van der Waals surface area contributed by atoms with Crippen LogP contribution < -0.4 is 30.3 Å². The predicted octanol–water partition coefficient (Wildman–Crippen LogP) is 7.82. The van der Waals surface area contributed by atoms with Crippen LogP contribution in [0.5, 0.6) is 0 Å². The number of nitrogens with two attached hydrogens (primary N) is 2. The smallest absolute Gasteiger partial charge is 0.697 e. The van der Waals surface area contributed by atoms with Crippen molar-refractivity contribution in [3.8, 4) is 43.5 Å². The molecule has 1 aromatic rings. The van der Waals surface area contributed by atoms with E-state index in [2.05, 4.69) is 40.2 Å². The van der Waals surface area contributed by atoms with Crippen molar-refractivity contribution in [3.63, 3.8) is 0 Å². The summed E-state index contributed by atoms with van der Waals surface area (Å²) >= 11 is 0. The fourth-order valence-corrected chi connectivity index (χ4v) is 13.0. The third-order valence-corrected chi connectivity index (χ3v) is 19.6. The third kappa shape index (κ3) is 48.6. The molecule has 0 aromatic heterocycles. The van der Waals surface area contributed by atoms with Crippen molar-refractivity contribution in [1.29, 1.82) is 0 Å². The first-order valence-electron chi connectivity index (χ1n) is 34.7. The van der Waals surface area contributed by atoms with E-state index in [0.717, 1.165) is 179 Å². The van der Waals surface area contributed by atoms with E-state index in [1.807, 2.05) is 13.8 Å². The van der Waals surface area contributed by atoms with Crippen molar-refractivity contribution in [1.82, 2.24) is 0 Å². The molecule has 550 valence electrons. The minimum Gasteiger partial charge on any atom is -0.697 e. The SMILES string of the molecule is C#CCC1CCC(C(=O)O)CC1.C#CCC1CCC(C(=O)OC)CC1.C#CCC1CCC(CO)CC1.C1CCOC1.C=CC.CO.COC(=O)C1CCC(C(=O)OC)CC1.Cc1ccc(S(=O)(=O)OCC2CCC(CO)CC2)cc1.NCCN.OCC1CCC(CO)CC1.[C-]#C.[Li+]. The number of esters is 3. The molecule has 7 aliphatic rings. The summed E-state index contributed by atoms with van der Waals surface area (Å²) in [5.41, 5.74) is 10.8. The number of terminal acetylenes is 4. The molecule has 1 aromatic carbocycles. The Morgan fingerprint density at radius 3 is 1.00 bits per heavy atom. The van der Waals surface area contributed by atoms with Crippen molar-refractivity contribution in [2.75, 3.05) is 87.8 Å². The molecule has 0 unspecified atom stereocenters. The Kier molecular flexibility index (Phi) is 67.0. The average Bonchev–Trinajstić information content (AvgIpc) is 1.96. The summed E-state index contributed by atoms with van der Waals surface area (Å²) in [5, 5.41) is 51.2. The van der Waals surface area contributed by atoms with Crippen LogP contribution in [0.15, 0.2) is 41.8 Å². The van der Waals surface area contributed by atoms with E-state index < -0.39 is 16.1 Å². The van der Waals surface area contributed by atoms with Gasteiger partial charge in [-0.1, -0.05) is 23.8 Å². The molecule has 8 rings (SSSR count). The maximum atomic E-state index is 12.0. The standard InChI is InChI=1S/C15H22O4S.C11H16O2.C10H16O4.C10H14O2.C10H16O.C8H16O2.C4H8O.C3H6.C2H8N2.C2H.CH4O.Li/c1-12-2-8-15(9-3-12)20(17,18)19-11-14-6-4-13(10-16)5-7-14;1-3-4-9-5-7-10(8-6-9)11(12)13-2;1-13-9(11)7-3-5-8(6-4-7)10(12)14-2;1-2-3-8-4-6-9(7-5-8)10(11)12;1-2-3-9-4-6-10(8-11)7-5-9;9-5-7-1-2-8(6-10)4-3-7;1-2-4-5-3-1;1-3-2;3-1-2-4;2*1-2;/h2-3,8-9,13-14,16H,4-7,10-11H2,1H3;1,9-10H,4-8H2,2H3;7-8H,3-6H2,1-2H3;1,8-9H,3-7H2,(H,11,12);1,9-11H,3-8H2;7-10H,1-6H2;1-4H2;3H,1H2,2H3;1-4H2;1H;2H,1H3;/q;;;;;;;;;-1;;+1. The predicted molar refractivity (Wildman–Crippen MR) is 380 cm³/mol.